The van der Waals surface area contributed by atoms with Crippen LogP contribution in [0.1, 0.15) is 37.2 Å². The van der Waals surface area contributed by atoms with Crippen LogP contribution in [-0.2, 0) is 9.53 Å². The maximum atomic E-state index is 14.6. The number of aliphatic hydroxyl groups is 1. The molecule has 5 nitrogen and oxygen atoms in total. The van der Waals surface area contributed by atoms with Gasteiger partial charge in [-0.3, -0.25) is 4.79 Å². The van der Waals surface area contributed by atoms with Gasteiger partial charge in [-0.15, -0.1) is 0 Å². The molecule has 1 aliphatic heterocycles. The average Bonchev–Trinajstić information content (AvgIpc) is 3.46. The molecule has 2 aliphatic carbocycles. The van der Waals surface area contributed by atoms with E-state index in [4.69, 9.17) is 4.74 Å². The molecule has 1 spiro atoms. The number of benzene rings is 2. The molecule has 3 aliphatic rings. The number of hydrogen-bond donors (Lipinski definition) is 2. The smallest absolute Gasteiger partial charge is 0.226 e. The van der Waals surface area contributed by atoms with E-state index in [1.54, 1.807) is 12.1 Å². The summed E-state index contributed by atoms with van der Waals surface area (Å²) in [6.45, 7) is 0.720. The van der Waals surface area contributed by atoms with E-state index in [0.29, 0.717) is 42.6 Å². The number of H-pyrrole nitrogens is 1. The summed E-state index contributed by atoms with van der Waals surface area (Å²) in [5, 5.41) is 9.96. The van der Waals surface area contributed by atoms with Crippen molar-refractivity contribution in [3.63, 3.8) is 0 Å². The Labute approximate surface area is 194 Å². The standard InChI is InChI=1S/C26H25F3N2O3/c27-17-3-1-14(2-4-17)23-22(20-9-18(28)10-21(29)24(20)30-23)15-7-16(8-15)25(33)31-11-19(12-32)34-13-26(31)5-6-26/h1-4,9-10,15-16,19,30,32H,5-8,11-13H2/t15?,16?,19-/m0/s1. The van der Waals surface area contributed by atoms with Gasteiger partial charge >= 0.3 is 0 Å². The Kier molecular flexibility index (Phi) is 5.00. The van der Waals surface area contributed by atoms with E-state index in [-0.39, 0.29) is 47.3 Å². The minimum Gasteiger partial charge on any atom is -0.394 e. The highest BCUT2D eigenvalue weighted by atomic mass is 19.1. The van der Waals surface area contributed by atoms with Crippen molar-refractivity contribution in [2.45, 2.75) is 43.2 Å². The average molecular weight is 470 g/mol. The third-order valence-corrected chi connectivity index (χ3v) is 7.74. The van der Waals surface area contributed by atoms with E-state index in [1.165, 1.54) is 18.2 Å². The number of carbonyl (C=O) groups excluding carboxylic acids is 1. The molecule has 2 aromatic carbocycles. The number of halogens is 3. The molecule has 2 saturated carbocycles. The number of carbonyl (C=O) groups is 1. The number of aromatic nitrogens is 1. The van der Waals surface area contributed by atoms with Crippen LogP contribution >= 0.6 is 0 Å². The summed E-state index contributed by atoms with van der Waals surface area (Å²) in [6, 6.07) is 8.05. The van der Waals surface area contributed by atoms with Crippen LogP contribution in [0.2, 0.25) is 0 Å². The molecule has 0 radical (unpaired) electrons. The lowest BCUT2D eigenvalue weighted by atomic mass is 9.69. The molecule has 3 aromatic rings. The van der Waals surface area contributed by atoms with Gasteiger partial charge in [0.2, 0.25) is 5.91 Å². The largest absolute Gasteiger partial charge is 0.394 e. The second-order valence-electron chi connectivity index (χ2n) is 9.88. The molecule has 3 fully saturated rings. The predicted molar refractivity (Wildman–Crippen MR) is 120 cm³/mol. The van der Waals surface area contributed by atoms with Crippen LogP contribution in [0.15, 0.2) is 36.4 Å². The van der Waals surface area contributed by atoms with Crippen molar-refractivity contribution in [3.05, 3.63) is 59.4 Å². The highest BCUT2D eigenvalue weighted by Gasteiger charge is 2.55. The molecule has 2 N–H and O–H groups in total. The first-order chi connectivity index (χ1) is 16.4. The number of aromatic amines is 1. The monoisotopic (exact) mass is 470 g/mol. The fourth-order valence-electron chi connectivity index (χ4n) is 5.58. The number of fused-ring (bicyclic) bond motifs is 1. The number of nitrogens with zero attached hydrogens (tertiary/aromatic N) is 1. The van der Waals surface area contributed by atoms with Crippen molar-refractivity contribution in [2.75, 3.05) is 19.8 Å². The highest BCUT2D eigenvalue weighted by molar-refractivity contribution is 5.92. The van der Waals surface area contributed by atoms with E-state index in [9.17, 15) is 23.1 Å². The SMILES string of the molecule is O=C(C1CC(c2c(-c3ccc(F)cc3)[nH]c3c(F)cc(F)cc23)C1)N1C[C@@H](CO)OCC12CC2. The zero-order valence-electron chi connectivity index (χ0n) is 18.5. The number of nitrogens with one attached hydrogen (secondary N) is 1. The number of ether oxygens (including phenoxy) is 1. The minimum absolute atomic E-state index is 0.0613. The highest BCUT2D eigenvalue weighted by Crippen LogP contribution is 2.51. The number of rotatable bonds is 4. The summed E-state index contributed by atoms with van der Waals surface area (Å²) in [4.78, 5) is 18.4. The van der Waals surface area contributed by atoms with E-state index < -0.39 is 11.6 Å². The quantitative estimate of drug-likeness (QED) is 0.590. The minimum atomic E-state index is -0.685. The van der Waals surface area contributed by atoms with Gasteiger partial charge in [0.05, 0.1) is 36.1 Å². The normalized spacial score (nSPS) is 25.5. The summed E-state index contributed by atoms with van der Waals surface area (Å²) in [5.41, 5.74) is 2.04. The summed E-state index contributed by atoms with van der Waals surface area (Å²) < 4.78 is 47.9. The Hall–Kier alpha value is -2.84. The van der Waals surface area contributed by atoms with Crippen molar-refractivity contribution in [3.8, 4) is 11.3 Å². The van der Waals surface area contributed by atoms with Crippen LogP contribution in [0.5, 0.6) is 0 Å². The Morgan fingerprint density at radius 3 is 2.53 bits per heavy atom. The molecular weight excluding hydrogens is 445 g/mol. The lowest BCUT2D eigenvalue weighted by Gasteiger charge is -2.45. The summed E-state index contributed by atoms with van der Waals surface area (Å²) in [7, 11) is 0. The van der Waals surface area contributed by atoms with Crippen LogP contribution in [0, 0.1) is 23.4 Å². The van der Waals surface area contributed by atoms with Crippen LogP contribution in [0.4, 0.5) is 13.2 Å². The first kappa shape index (κ1) is 21.7. The van der Waals surface area contributed by atoms with Crippen molar-refractivity contribution < 1.29 is 27.8 Å². The Bertz CT molecular complexity index is 1260. The van der Waals surface area contributed by atoms with Crippen LogP contribution < -0.4 is 0 Å². The van der Waals surface area contributed by atoms with Crippen molar-refractivity contribution in [1.82, 2.24) is 9.88 Å². The third kappa shape index (κ3) is 3.43. The number of morpholine rings is 1. The predicted octanol–water partition coefficient (Wildman–Crippen LogP) is 4.50. The van der Waals surface area contributed by atoms with Gasteiger partial charge in [0.25, 0.3) is 0 Å². The molecular formula is C26H25F3N2O3. The lowest BCUT2D eigenvalue weighted by molar-refractivity contribution is -0.157. The molecule has 1 aromatic heterocycles. The van der Waals surface area contributed by atoms with Gasteiger partial charge in [-0.2, -0.15) is 0 Å². The Balaban J connectivity index is 1.31. The van der Waals surface area contributed by atoms with Crippen molar-refractivity contribution in [1.29, 1.82) is 0 Å². The molecule has 1 saturated heterocycles. The summed E-state index contributed by atoms with van der Waals surface area (Å²) >= 11 is 0. The number of amides is 1. The Morgan fingerprint density at radius 1 is 1.12 bits per heavy atom. The molecule has 34 heavy (non-hydrogen) atoms. The molecule has 1 amide bonds. The molecule has 8 heteroatoms. The first-order valence-electron chi connectivity index (χ1n) is 11.7. The maximum absolute atomic E-state index is 14.6. The topological polar surface area (TPSA) is 65.6 Å². The van der Waals surface area contributed by atoms with Crippen molar-refractivity contribution in [2.24, 2.45) is 5.92 Å². The number of aliphatic hydroxyl groups excluding tert-OH is 1. The molecule has 0 bridgehead atoms. The van der Waals surface area contributed by atoms with E-state index in [2.05, 4.69) is 4.98 Å². The third-order valence-electron chi connectivity index (χ3n) is 7.74. The van der Waals surface area contributed by atoms with Crippen molar-refractivity contribution >= 4 is 16.8 Å². The van der Waals surface area contributed by atoms with E-state index in [0.717, 1.165) is 24.5 Å². The lowest BCUT2D eigenvalue weighted by Crippen LogP contribution is -2.57. The maximum Gasteiger partial charge on any atom is 0.226 e. The van der Waals surface area contributed by atoms with Gasteiger partial charge in [0.15, 0.2) is 0 Å². The Morgan fingerprint density at radius 2 is 1.85 bits per heavy atom. The molecule has 6 rings (SSSR count). The van der Waals surface area contributed by atoms with Gasteiger partial charge in [-0.1, -0.05) is 0 Å². The van der Waals surface area contributed by atoms with Crippen LogP contribution in [0.25, 0.3) is 22.2 Å². The molecule has 2 heterocycles. The zero-order chi connectivity index (χ0) is 23.6. The molecule has 1 atom stereocenters. The van der Waals surface area contributed by atoms with Gasteiger partial charge in [-0.25, -0.2) is 13.2 Å². The summed E-state index contributed by atoms with van der Waals surface area (Å²) in [5.74, 6) is -1.92. The second-order valence-corrected chi connectivity index (χ2v) is 9.88. The van der Waals surface area contributed by atoms with Gasteiger partial charge in [0, 0.05) is 23.9 Å². The van der Waals surface area contributed by atoms with Gasteiger partial charge in [-0.05, 0) is 73.1 Å². The number of hydrogen-bond acceptors (Lipinski definition) is 3. The fourth-order valence-corrected chi connectivity index (χ4v) is 5.58. The summed E-state index contributed by atoms with van der Waals surface area (Å²) in [6.07, 6.45) is 2.58. The first-order valence-corrected chi connectivity index (χ1v) is 11.7. The van der Waals surface area contributed by atoms with Crippen LogP contribution in [-0.4, -0.2) is 52.3 Å². The van der Waals surface area contributed by atoms with Gasteiger partial charge < -0.3 is 19.7 Å². The van der Waals surface area contributed by atoms with Gasteiger partial charge in [0.1, 0.15) is 17.5 Å². The van der Waals surface area contributed by atoms with E-state index in [1.807, 2.05) is 4.90 Å². The van der Waals surface area contributed by atoms with Crippen LogP contribution in [0.3, 0.4) is 0 Å². The molecule has 0 unspecified atom stereocenters. The molecule has 178 valence electrons. The zero-order valence-corrected chi connectivity index (χ0v) is 18.5. The fraction of sp³-hybridized carbons (Fsp3) is 0.423. The van der Waals surface area contributed by atoms with E-state index >= 15 is 0 Å². The second kappa shape index (κ2) is 7.85.